The smallest absolute Gasteiger partial charge is 0.412 e. The van der Waals surface area contributed by atoms with Crippen molar-refractivity contribution in [2.45, 2.75) is 26.4 Å². The number of hydrogen-bond donors (Lipinski definition) is 2. The molecule has 2 N–H and O–H groups in total. The molecule has 0 aromatic heterocycles. The lowest BCUT2D eigenvalue weighted by atomic mass is 10.2. The van der Waals surface area contributed by atoms with Crippen LogP contribution in [0, 0.1) is 0 Å². The first-order valence-electron chi connectivity index (χ1n) is 7.93. The fourth-order valence-electron chi connectivity index (χ4n) is 2.13. The first-order valence-corrected chi connectivity index (χ1v) is 8.72. The minimum absolute atomic E-state index is 0.264. The summed E-state index contributed by atoms with van der Waals surface area (Å²) < 4.78 is 11.3. The predicted octanol–water partition coefficient (Wildman–Crippen LogP) is 5.06. The van der Waals surface area contributed by atoms with E-state index < -0.39 is 11.7 Å². The molecule has 2 amide bonds. The Hall–Kier alpha value is -2.54. The fourth-order valence-corrected chi connectivity index (χ4v) is 2.53. The zero-order valence-corrected chi connectivity index (χ0v) is 16.6. The SMILES string of the molecule is COc1ccc(NC(=O)c2cccc(Br)c2)cc1NC(=O)OC(C)(C)C. The highest BCUT2D eigenvalue weighted by Crippen LogP contribution is 2.28. The van der Waals surface area contributed by atoms with Gasteiger partial charge in [-0.25, -0.2) is 4.79 Å². The minimum Gasteiger partial charge on any atom is -0.495 e. The topological polar surface area (TPSA) is 76.7 Å². The van der Waals surface area contributed by atoms with Crippen molar-refractivity contribution < 1.29 is 19.1 Å². The summed E-state index contributed by atoms with van der Waals surface area (Å²) in [6.07, 6.45) is -0.605. The largest absolute Gasteiger partial charge is 0.495 e. The number of carbonyl (C=O) groups excluding carboxylic acids is 2. The van der Waals surface area contributed by atoms with Gasteiger partial charge in [0.1, 0.15) is 11.4 Å². The maximum absolute atomic E-state index is 12.4. The van der Waals surface area contributed by atoms with Crippen molar-refractivity contribution in [3.05, 3.63) is 52.5 Å². The molecule has 7 heteroatoms. The third-order valence-corrected chi connectivity index (χ3v) is 3.67. The molecule has 2 aromatic carbocycles. The third-order valence-electron chi connectivity index (χ3n) is 3.18. The van der Waals surface area contributed by atoms with Crippen LogP contribution in [0.5, 0.6) is 5.75 Å². The Kier molecular flexibility index (Phi) is 6.26. The van der Waals surface area contributed by atoms with Crippen molar-refractivity contribution in [1.82, 2.24) is 0 Å². The molecular formula is C19H21BrN2O4. The van der Waals surface area contributed by atoms with Crippen LogP contribution in [-0.4, -0.2) is 24.7 Å². The van der Waals surface area contributed by atoms with Gasteiger partial charge in [0.2, 0.25) is 0 Å². The Balaban J connectivity index is 2.18. The number of rotatable bonds is 4. The van der Waals surface area contributed by atoms with Gasteiger partial charge in [-0.05, 0) is 57.2 Å². The summed E-state index contributed by atoms with van der Waals surface area (Å²) in [5.41, 5.74) is 0.802. The molecule has 0 heterocycles. The van der Waals surface area contributed by atoms with Crippen molar-refractivity contribution in [3.63, 3.8) is 0 Å². The van der Waals surface area contributed by atoms with E-state index in [0.717, 1.165) is 4.47 Å². The van der Waals surface area contributed by atoms with Gasteiger partial charge < -0.3 is 14.8 Å². The van der Waals surface area contributed by atoms with E-state index in [1.165, 1.54) is 7.11 Å². The first kappa shape index (κ1) is 19.8. The molecule has 0 saturated carbocycles. The van der Waals surface area contributed by atoms with Gasteiger partial charge in [0.15, 0.2) is 0 Å². The van der Waals surface area contributed by atoms with Crippen molar-refractivity contribution in [2.75, 3.05) is 17.7 Å². The summed E-state index contributed by atoms with van der Waals surface area (Å²) >= 11 is 3.34. The third kappa shape index (κ3) is 5.77. The van der Waals surface area contributed by atoms with Gasteiger partial charge in [-0.3, -0.25) is 10.1 Å². The second-order valence-electron chi connectivity index (χ2n) is 6.51. The lowest BCUT2D eigenvalue weighted by Crippen LogP contribution is -2.27. The predicted molar refractivity (Wildman–Crippen MR) is 105 cm³/mol. The van der Waals surface area contributed by atoms with Crippen LogP contribution < -0.4 is 15.4 Å². The summed E-state index contributed by atoms with van der Waals surface area (Å²) in [5, 5.41) is 5.43. The van der Waals surface area contributed by atoms with Gasteiger partial charge in [0, 0.05) is 15.7 Å². The lowest BCUT2D eigenvalue weighted by Gasteiger charge is -2.20. The number of anilines is 2. The Morgan fingerprint density at radius 1 is 1.04 bits per heavy atom. The average Bonchev–Trinajstić information content (AvgIpc) is 2.53. The van der Waals surface area contributed by atoms with Crippen molar-refractivity contribution in [3.8, 4) is 5.75 Å². The molecule has 6 nitrogen and oxygen atoms in total. The van der Waals surface area contributed by atoms with Gasteiger partial charge >= 0.3 is 6.09 Å². The second kappa shape index (κ2) is 8.23. The Labute approximate surface area is 161 Å². The number of benzene rings is 2. The number of hydrogen-bond acceptors (Lipinski definition) is 4. The summed E-state index contributed by atoms with van der Waals surface area (Å²) in [6, 6.07) is 12.0. The standard InChI is InChI=1S/C19H21BrN2O4/c1-19(2,3)26-18(24)22-15-11-14(8-9-16(15)25-4)21-17(23)12-6-5-7-13(20)10-12/h5-11H,1-4H3,(H,21,23)(H,22,24). The molecule has 0 radical (unpaired) electrons. The highest BCUT2D eigenvalue weighted by atomic mass is 79.9. The van der Waals surface area contributed by atoms with E-state index in [4.69, 9.17) is 9.47 Å². The molecule has 138 valence electrons. The summed E-state index contributed by atoms with van der Waals surface area (Å²) in [6.45, 7) is 5.33. The van der Waals surface area contributed by atoms with Crippen LogP contribution >= 0.6 is 15.9 Å². The summed E-state index contributed by atoms with van der Waals surface area (Å²) in [5.74, 6) is 0.191. The quantitative estimate of drug-likeness (QED) is 0.724. The van der Waals surface area contributed by atoms with E-state index in [0.29, 0.717) is 22.7 Å². The molecule has 0 atom stereocenters. The number of amides is 2. The maximum Gasteiger partial charge on any atom is 0.412 e. The zero-order chi connectivity index (χ0) is 19.3. The molecule has 0 aliphatic heterocycles. The molecule has 0 aliphatic rings. The monoisotopic (exact) mass is 420 g/mol. The van der Waals surface area contributed by atoms with E-state index in [-0.39, 0.29) is 5.91 Å². The second-order valence-corrected chi connectivity index (χ2v) is 7.42. The van der Waals surface area contributed by atoms with Gasteiger partial charge in [0.05, 0.1) is 12.8 Å². The normalized spacial score (nSPS) is 10.8. The van der Waals surface area contributed by atoms with Crippen LogP contribution in [0.15, 0.2) is 46.9 Å². The maximum atomic E-state index is 12.4. The Morgan fingerprint density at radius 3 is 2.38 bits per heavy atom. The number of halogens is 1. The molecule has 0 saturated heterocycles. The van der Waals surface area contributed by atoms with Crippen LogP contribution in [0.25, 0.3) is 0 Å². The molecule has 0 aliphatic carbocycles. The van der Waals surface area contributed by atoms with Crippen LogP contribution in [0.3, 0.4) is 0 Å². The van der Waals surface area contributed by atoms with Crippen molar-refractivity contribution >= 4 is 39.3 Å². The highest BCUT2D eigenvalue weighted by Gasteiger charge is 2.18. The highest BCUT2D eigenvalue weighted by molar-refractivity contribution is 9.10. The number of nitrogens with one attached hydrogen (secondary N) is 2. The molecule has 0 fully saturated rings. The number of ether oxygens (including phenoxy) is 2. The van der Waals surface area contributed by atoms with E-state index in [9.17, 15) is 9.59 Å². The van der Waals surface area contributed by atoms with Crippen LogP contribution in [0.2, 0.25) is 0 Å². The summed E-state index contributed by atoms with van der Waals surface area (Å²) in [7, 11) is 1.50. The van der Waals surface area contributed by atoms with Gasteiger partial charge in [-0.15, -0.1) is 0 Å². The zero-order valence-electron chi connectivity index (χ0n) is 15.1. The van der Waals surface area contributed by atoms with E-state index in [1.54, 1.807) is 57.2 Å². The fraction of sp³-hybridized carbons (Fsp3) is 0.263. The molecule has 0 unspecified atom stereocenters. The Bertz CT molecular complexity index is 815. The molecule has 26 heavy (non-hydrogen) atoms. The lowest BCUT2D eigenvalue weighted by molar-refractivity contribution is 0.0635. The van der Waals surface area contributed by atoms with Gasteiger partial charge in [0.25, 0.3) is 5.91 Å². The molecule has 2 rings (SSSR count). The molecular weight excluding hydrogens is 400 g/mol. The van der Waals surface area contributed by atoms with Crippen LogP contribution in [0.1, 0.15) is 31.1 Å². The molecule has 0 spiro atoms. The van der Waals surface area contributed by atoms with Crippen molar-refractivity contribution in [2.24, 2.45) is 0 Å². The average molecular weight is 421 g/mol. The van der Waals surface area contributed by atoms with Crippen molar-refractivity contribution in [1.29, 1.82) is 0 Å². The van der Waals surface area contributed by atoms with Crippen LogP contribution in [0.4, 0.5) is 16.2 Å². The number of methoxy groups -OCH3 is 1. The van der Waals surface area contributed by atoms with E-state index in [2.05, 4.69) is 26.6 Å². The molecule has 0 bridgehead atoms. The van der Waals surface area contributed by atoms with Gasteiger partial charge in [-0.1, -0.05) is 22.0 Å². The Morgan fingerprint density at radius 2 is 1.77 bits per heavy atom. The van der Waals surface area contributed by atoms with E-state index >= 15 is 0 Å². The first-order chi connectivity index (χ1) is 12.2. The minimum atomic E-state index is -0.621. The summed E-state index contributed by atoms with van der Waals surface area (Å²) in [4.78, 5) is 24.4. The van der Waals surface area contributed by atoms with E-state index in [1.807, 2.05) is 6.07 Å². The number of carbonyl (C=O) groups is 2. The van der Waals surface area contributed by atoms with Gasteiger partial charge in [-0.2, -0.15) is 0 Å². The van der Waals surface area contributed by atoms with Crippen LogP contribution in [-0.2, 0) is 4.74 Å². The molecule has 2 aromatic rings.